The molecule has 1 N–H and O–H groups in total. The van der Waals surface area contributed by atoms with Crippen LogP contribution in [0.1, 0.15) is 39.0 Å². The molecule has 76 valence electrons. The quantitative estimate of drug-likeness (QED) is 0.655. The Morgan fingerprint density at radius 3 is 2.31 bits per heavy atom. The van der Waals surface area contributed by atoms with E-state index in [9.17, 15) is 4.79 Å². The Balaban J connectivity index is 0.000000671. The van der Waals surface area contributed by atoms with E-state index in [1.807, 2.05) is 0 Å². The molecular weight excluding hydrogens is 162 g/mol. The Morgan fingerprint density at radius 1 is 1.31 bits per heavy atom. The summed E-state index contributed by atoms with van der Waals surface area (Å²) in [5.41, 5.74) is 0. The molecule has 0 spiro atoms. The van der Waals surface area contributed by atoms with Crippen molar-refractivity contribution < 1.29 is 4.79 Å². The van der Waals surface area contributed by atoms with E-state index < -0.39 is 0 Å². The van der Waals surface area contributed by atoms with Gasteiger partial charge < -0.3 is 5.32 Å². The lowest BCUT2D eigenvalue weighted by molar-refractivity contribution is -0.119. The van der Waals surface area contributed by atoms with Crippen molar-refractivity contribution in [2.24, 2.45) is 5.92 Å². The van der Waals surface area contributed by atoms with Crippen molar-refractivity contribution in [1.29, 1.82) is 0 Å². The van der Waals surface area contributed by atoms with Gasteiger partial charge >= 0.3 is 0 Å². The van der Waals surface area contributed by atoms with Crippen LogP contribution in [0, 0.1) is 5.92 Å². The first-order valence-corrected chi connectivity index (χ1v) is 5.03. The van der Waals surface area contributed by atoms with Gasteiger partial charge in [0.15, 0.2) is 0 Å². The Kier molecular flexibility index (Phi) is 7.36. The maximum absolute atomic E-state index is 10.6. The highest BCUT2D eigenvalue weighted by Crippen LogP contribution is 2.22. The Hall–Kier alpha value is -0.790. The SMILES string of the molecule is C=C.CC(=O)NCC1CCCCC1. The molecule has 13 heavy (non-hydrogen) atoms. The van der Waals surface area contributed by atoms with Gasteiger partial charge in [0.1, 0.15) is 0 Å². The molecule has 0 heterocycles. The van der Waals surface area contributed by atoms with Crippen molar-refractivity contribution in [2.45, 2.75) is 39.0 Å². The maximum Gasteiger partial charge on any atom is 0.216 e. The van der Waals surface area contributed by atoms with Crippen molar-refractivity contribution in [2.75, 3.05) is 6.54 Å². The molecule has 0 aromatic heterocycles. The van der Waals surface area contributed by atoms with Gasteiger partial charge in [0, 0.05) is 13.5 Å². The molecule has 1 fully saturated rings. The van der Waals surface area contributed by atoms with Crippen LogP contribution in [0.4, 0.5) is 0 Å². The second-order valence-electron chi connectivity index (χ2n) is 3.44. The molecule has 0 aliphatic heterocycles. The smallest absolute Gasteiger partial charge is 0.216 e. The summed E-state index contributed by atoms with van der Waals surface area (Å²) in [4.78, 5) is 10.6. The lowest BCUT2D eigenvalue weighted by atomic mass is 9.89. The van der Waals surface area contributed by atoms with Gasteiger partial charge in [0.05, 0.1) is 0 Å². The van der Waals surface area contributed by atoms with Crippen LogP contribution >= 0.6 is 0 Å². The van der Waals surface area contributed by atoms with Crippen LogP contribution in [-0.4, -0.2) is 12.5 Å². The number of carbonyl (C=O) groups excluding carboxylic acids is 1. The number of nitrogens with one attached hydrogen (secondary N) is 1. The summed E-state index contributed by atoms with van der Waals surface area (Å²) in [6.07, 6.45) is 6.70. The largest absolute Gasteiger partial charge is 0.356 e. The second-order valence-corrected chi connectivity index (χ2v) is 3.44. The lowest BCUT2D eigenvalue weighted by Gasteiger charge is -2.21. The summed E-state index contributed by atoms with van der Waals surface area (Å²) in [5, 5.41) is 2.88. The minimum absolute atomic E-state index is 0.107. The average molecular weight is 183 g/mol. The van der Waals surface area contributed by atoms with Gasteiger partial charge in [-0.15, -0.1) is 13.2 Å². The Labute approximate surface area is 81.4 Å². The lowest BCUT2D eigenvalue weighted by Crippen LogP contribution is -2.28. The van der Waals surface area contributed by atoms with Crippen LogP contribution in [0.15, 0.2) is 13.2 Å². The summed E-state index contributed by atoms with van der Waals surface area (Å²) in [5.74, 6) is 0.864. The zero-order chi connectivity index (χ0) is 10.1. The number of hydrogen-bond donors (Lipinski definition) is 1. The van der Waals surface area contributed by atoms with Crippen LogP contribution in [0.2, 0.25) is 0 Å². The zero-order valence-corrected chi connectivity index (χ0v) is 8.64. The molecule has 0 aromatic rings. The van der Waals surface area contributed by atoms with Gasteiger partial charge in [0.2, 0.25) is 5.91 Å². The maximum atomic E-state index is 10.6. The van der Waals surface area contributed by atoms with E-state index >= 15 is 0 Å². The highest BCUT2D eigenvalue weighted by molar-refractivity contribution is 5.72. The van der Waals surface area contributed by atoms with Crippen molar-refractivity contribution in [3.05, 3.63) is 13.2 Å². The molecule has 0 saturated heterocycles. The monoisotopic (exact) mass is 183 g/mol. The van der Waals surface area contributed by atoms with Crippen LogP contribution in [0.5, 0.6) is 0 Å². The summed E-state index contributed by atoms with van der Waals surface area (Å²) >= 11 is 0. The molecule has 0 unspecified atom stereocenters. The molecule has 0 bridgehead atoms. The summed E-state index contributed by atoms with van der Waals surface area (Å²) in [6.45, 7) is 8.48. The van der Waals surface area contributed by atoms with Gasteiger partial charge in [-0.25, -0.2) is 0 Å². The van der Waals surface area contributed by atoms with E-state index in [4.69, 9.17) is 0 Å². The third kappa shape index (κ3) is 6.38. The molecule has 0 radical (unpaired) electrons. The molecular formula is C11H21NO. The molecule has 2 heteroatoms. The van der Waals surface area contributed by atoms with E-state index in [2.05, 4.69) is 18.5 Å². The van der Waals surface area contributed by atoms with Crippen LogP contribution < -0.4 is 5.32 Å². The summed E-state index contributed by atoms with van der Waals surface area (Å²) < 4.78 is 0. The minimum atomic E-state index is 0.107. The molecule has 1 saturated carbocycles. The molecule has 1 aliphatic carbocycles. The predicted molar refractivity (Wildman–Crippen MR) is 56.5 cm³/mol. The fraction of sp³-hybridized carbons (Fsp3) is 0.727. The van der Waals surface area contributed by atoms with Crippen molar-refractivity contribution in [1.82, 2.24) is 5.32 Å². The molecule has 1 rings (SSSR count). The summed E-state index contributed by atoms with van der Waals surface area (Å²) in [7, 11) is 0. The fourth-order valence-electron chi connectivity index (χ4n) is 1.68. The van der Waals surface area contributed by atoms with Crippen LogP contribution in [0.25, 0.3) is 0 Å². The standard InChI is InChI=1S/C9H17NO.C2H4/c1-8(11)10-7-9-5-3-2-4-6-9;1-2/h9H,2-7H2,1H3,(H,10,11);1-2H2. The van der Waals surface area contributed by atoms with E-state index in [0.29, 0.717) is 0 Å². The number of carbonyl (C=O) groups is 1. The first-order valence-electron chi connectivity index (χ1n) is 5.03. The Bertz CT molecular complexity index is 139. The molecule has 2 nitrogen and oxygen atoms in total. The van der Waals surface area contributed by atoms with Gasteiger partial charge in [-0.05, 0) is 18.8 Å². The van der Waals surface area contributed by atoms with E-state index in [-0.39, 0.29) is 5.91 Å². The van der Waals surface area contributed by atoms with Gasteiger partial charge in [-0.1, -0.05) is 19.3 Å². The first-order chi connectivity index (χ1) is 6.29. The number of rotatable bonds is 2. The zero-order valence-electron chi connectivity index (χ0n) is 8.64. The minimum Gasteiger partial charge on any atom is -0.356 e. The van der Waals surface area contributed by atoms with Crippen molar-refractivity contribution in [3.8, 4) is 0 Å². The van der Waals surface area contributed by atoms with Crippen molar-refractivity contribution in [3.63, 3.8) is 0 Å². The summed E-state index contributed by atoms with van der Waals surface area (Å²) in [6, 6.07) is 0. The normalized spacial score (nSPS) is 17.0. The number of hydrogen-bond acceptors (Lipinski definition) is 1. The van der Waals surface area contributed by atoms with Crippen molar-refractivity contribution >= 4 is 5.91 Å². The Morgan fingerprint density at radius 2 is 1.85 bits per heavy atom. The molecule has 1 aliphatic rings. The topological polar surface area (TPSA) is 29.1 Å². The average Bonchev–Trinajstić information content (AvgIpc) is 2.19. The third-order valence-corrected chi connectivity index (χ3v) is 2.36. The predicted octanol–water partition coefficient (Wildman–Crippen LogP) is 2.51. The van der Waals surface area contributed by atoms with Crippen LogP contribution in [-0.2, 0) is 4.79 Å². The van der Waals surface area contributed by atoms with E-state index in [0.717, 1.165) is 12.5 Å². The molecule has 0 aromatic carbocycles. The van der Waals surface area contributed by atoms with Crippen LogP contribution in [0.3, 0.4) is 0 Å². The van der Waals surface area contributed by atoms with E-state index in [1.54, 1.807) is 6.92 Å². The molecule has 1 amide bonds. The molecule has 0 atom stereocenters. The van der Waals surface area contributed by atoms with Gasteiger partial charge in [-0.2, -0.15) is 0 Å². The third-order valence-electron chi connectivity index (χ3n) is 2.36. The highest BCUT2D eigenvalue weighted by atomic mass is 16.1. The highest BCUT2D eigenvalue weighted by Gasteiger charge is 2.12. The second kappa shape index (κ2) is 7.84. The van der Waals surface area contributed by atoms with E-state index in [1.165, 1.54) is 32.1 Å². The fourth-order valence-corrected chi connectivity index (χ4v) is 1.68. The van der Waals surface area contributed by atoms with Gasteiger partial charge in [-0.3, -0.25) is 4.79 Å². The first kappa shape index (κ1) is 12.2. The van der Waals surface area contributed by atoms with Gasteiger partial charge in [0.25, 0.3) is 0 Å². The number of amides is 1.